The SMILES string of the molecule is Cn1c(F)cc(-c2ccc(-c3ncc(N(C4CC4)[C@@H]4C[C@H]5CC[C@@H](C4)N5)nn3)c(O)c2)nc1=O. The third kappa shape index (κ3) is 3.81. The number of aromatic nitrogens is 5. The van der Waals surface area contributed by atoms with Gasteiger partial charge in [-0.3, -0.25) is 4.57 Å². The largest absolute Gasteiger partial charge is 0.507 e. The summed E-state index contributed by atoms with van der Waals surface area (Å²) >= 11 is 0. The van der Waals surface area contributed by atoms with Gasteiger partial charge < -0.3 is 15.3 Å². The number of fused-ring (bicyclic) bond motifs is 2. The van der Waals surface area contributed by atoms with Gasteiger partial charge in [-0.2, -0.15) is 9.37 Å². The molecule has 9 nitrogen and oxygen atoms in total. The number of aromatic hydroxyl groups is 1. The van der Waals surface area contributed by atoms with E-state index in [-0.39, 0.29) is 11.4 Å². The standard InChI is InChI=1S/C24H26FN7O2/c1-31-21(25)11-19(28-24(31)34)13-2-7-18(20(33)8-13)23-26-12-22(29-30-23)32(16-5-6-16)17-9-14-3-4-15(10-17)27-14/h2,7-8,11-12,14-17,27,33H,3-6,9-10H2,1H3/t14-,15+,17-. The molecule has 2 aliphatic heterocycles. The first-order valence-corrected chi connectivity index (χ1v) is 11.8. The summed E-state index contributed by atoms with van der Waals surface area (Å²) < 4.78 is 14.8. The number of rotatable bonds is 5. The van der Waals surface area contributed by atoms with Crippen LogP contribution in [0.3, 0.4) is 0 Å². The van der Waals surface area contributed by atoms with Crippen molar-refractivity contribution in [3.8, 4) is 28.4 Å². The van der Waals surface area contributed by atoms with Crippen LogP contribution in [0.4, 0.5) is 10.2 Å². The van der Waals surface area contributed by atoms with E-state index in [1.165, 1.54) is 38.8 Å². The van der Waals surface area contributed by atoms with Crippen LogP contribution < -0.4 is 15.9 Å². The maximum atomic E-state index is 13.9. The number of hydrogen-bond acceptors (Lipinski definition) is 8. The first kappa shape index (κ1) is 21.2. The lowest BCUT2D eigenvalue weighted by Crippen LogP contribution is -2.49. The zero-order valence-electron chi connectivity index (χ0n) is 18.9. The van der Waals surface area contributed by atoms with Gasteiger partial charge in [0.25, 0.3) is 0 Å². The van der Waals surface area contributed by atoms with Gasteiger partial charge >= 0.3 is 5.69 Å². The van der Waals surface area contributed by atoms with Crippen LogP contribution in [0, 0.1) is 5.95 Å². The lowest BCUT2D eigenvalue weighted by atomic mass is 9.98. The number of benzene rings is 1. The van der Waals surface area contributed by atoms with Crippen LogP contribution in [0.15, 0.2) is 35.3 Å². The minimum atomic E-state index is -0.705. The molecule has 3 aliphatic rings. The molecule has 2 saturated heterocycles. The summed E-state index contributed by atoms with van der Waals surface area (Å²) in [7, 11) is 1.31. The van der Waals surface area contributed by atoms with Crippen molar-refractivity contribution >= 4 is 5.82 Å². The molecule has 0 spiro atoms. The van der Waals surface area contributed by atoms with Gasteiger partial charge in [0.15, 0.2) is 17.6 Å². The van der Waals surface area contributed by atoms with Gasteiger partial charge in [-0.1, -0.05) is 6.07 Å². The summed E-state index contributed by atoms with van der Waals surface area (Å²) in [5.74, 6) is 0.290. The second-order valence-electron chi connectivity index (χ2n) is 9.58. The number of piperidine rings is 1. The fourth-order valence-electron chi connectivity index (χ4n) is 5.33. The van der Waals surface area contributed by atoms with Gasteiger partial charge in [0.2, 0.25) is 0 Å². The number of phenolic OH excluding ortho intramolecular Hbond substituents is 1. The maximum Gasteiger partial charge on any atom is 0.350 e. The number of nitrogens with zero attached hydrogens (tertiary/aromatic N) is 6. The first-order chi connectivity index (χ1) is 16.5. The molecule has 0 amide bonds. The van der Waals surface area contributed by atoms with Gasteiger partial charge in [0.05, 0.1) is 17.5 Å². The van der Waals surface area contributed by atoms with E-state index in [2.05, 4.69) is 30.4 Å². The molecule has 1 aliphatic carbocycles. The Morgan fingerprint density at radius 1 is 1.09 bits per heavy atom. The third-order valence-corrected chi connectivity index (χ3v) is 7.21. The molecule has 34 heavy (non-hydrogen) atoms. The molecule has 3 atom stereocenters. The average Bonchev–Trinajstić information content (AvgIpc) is 3.61. The lowest BCUT2D eigenvalue weighted by Gasteiger charge is -2.38. The van der Waals surface area contributed by atoms with Crippen molar-refractivity contribution in [2.24, 2.45) is 7.05 Å². The molecule has 0 radical (unpaired) electrons. The molecule has 2 N–H and O–H groups in total. The number of anilines is 1. The number of phenols is 1. The second-order valence-corrected chi connectivity index (χ2v) is 9.58. The van der Waals surface area contributed by atoms with E-state index in [0.717, 1.165) is 29.3 Å². The van der Waals surface area contributed by atoms with Crippen LogP contribution in [0.25, 0.3) is 22.6 Å². The Bertz CT molecular complexity index is 1280. The Morgan fingerprint density at radius 2 is 1.85 bits per heavy atom. The monoisotopic (exact) mass is 463 g/mol. The molecular formula is C24H26FN7O2. The molecule has 4 heterocycles. The molecule has 1 aromatic carbocycles. The molecule has 6 rings (SSSR count). The van der Waals surface area contributed by atoms with E-state index in [9.17, 15) is 14.3 Å². The van der Waals surface area contributed by atoms with Crippen LogP contribution in [-0.4, -0.2) is 54.0 Å². The highest BCUT2D eigenvalue weighted by Gasteiger charge is 2.41. The Kier molecular flexibility index (Phi) is 5.05. The predicted molar refractivity (Wildman–Crippen MR) is 124 cm³/mol. The highest BCUT2D eigenvalue weighted by molar-refractivity contribution is 5.71. The lowest BCUT2D eigenvalue weighted by molar-refractivity contribution is 0.343. The number of halogens is 1. The normalized spacial score (nSPS) is 23.8. The van der Waals surface area contributed by atoms with E-state index >= 15 is 0 Å². The molecule has 3 aromatic rings. The Labute approximate surface area is 195 Å². The Balaban J connectivity index is 1.26. The zero-order valence-corrected chi connectivity index (χ0v) is 18.9. The molecule has 1 saturated carbocycles. The van der Waals surface area contributed by atoms with Gasteiger partial charge in [-0.05, 0) is 50.7 Å². The van der Waals surface area contributed by atoms with Crippen LogP contribution >= 0.6 is 0 Å². The molecule has 10 heteroatoms. The zero-order chi connectivity index (χ0) is 23.4. The molecule has 176 valence electrons. The quantitative estimate of drug-likeness (QED) is 0.556. The van der Waals surface area contributed by atoms with Gasteiger partial charge in [-0.25, -0.2) is 9.78 Å². The third-order valence-electron chi connectivity index (χ3n) is 7.21. The minimum Gasteiger partial charge on any atom is -0.507 e. The molecular weight excluding hydrogens is 437 g/mol. The fraction of sp³-hybridized carbons (Fsp3) is 0.458. The van der Waals surface area contributed by atoms with Crippen molar-refractivity contribution in [2.45, 2.75) is 62.7 Å². The van der Waals surface area contributed by atoms with Crippen molar-refractivity contribution in [3.05, 3.63) is 46.9 Å². The first-order valence-electron chi connectivity index (χ1n) is 11.8. The smallest absolute Gasteiger partial charge is 0.350 e. The highest BCUT2D eigenvalue weighted by Crippen LogP contribution is 2.39. The second kappa shape index (κ2) is 8.12. The van der Waals surface area contributed by atoms with Crippen LogP contribution in [0.2, 0.25) is 0 Å². The van der Waals surface area contributed by atoms with Crippen LogP contribution in [0.1, 0.15) is 38.5 Å². The van der Waals surface area contributed by atoms with E-state index < -0.39 is 11.6 Å². The van der Waals surface area contributed by atoms with Crippen molar-refractivity contribution in [1.29, 1.82) is 0 Å². The summed E-state index contributed by atoms with van der Waals surface area (Å²) in [5.41, 5.74) is 0.268. The van der Waals surface area contributed by atoms with Gasteiger partial charge in [0.1, 0.15) is 5.75 Å². The van der Waals surface area contributed by atoms with E-state index in [0.29, 0.717) is 41.1 Å². The Hall–Kier alpha value is -3.40. The average molecular weight is 464 g/mol. The molecule has 3 fully saturated rings. The van der Waals surface area contributed by atoms with Crippen molar-refractivity contribution in [1.82, 2.24) is 30.0 Å². The topological polar surface area (TPSA) is 109 Å². The van der Waals surface area contributed by atoms with Crippen LogP contribution in [-0.2, 0) is 7.05 Å². The summed E-state index contributed by atoms with van der Waals surface area (Å²) in [6.07, 6.45) is 8.82. The summed E-state index contributed by atoms with van der Waals surface area (Å²) in [5, 5.41) is 23.1. The molecule has 2 aromatic heterocycles. The highest BCUT2D eigenvalue weighted by atomic mass is 19.1. The summed E-state index contributed by atoms with van der Waals surface area (Å²) in [6, 6.07) is 7.99. The Morgan fingerprint density at radius 3 is 2.47 bits per heavy atom. The van der Waals surface area contributed by atoms with Crippen LogP contribution in [0.5, 0.6) is 5.75 Å². The van der Waals surface area contributed by atoms with Gasteiger partial charge in [-0.15, -0.1) is 10.2 Å². The summed E-state index contributed by atoms with van der Waals surface area (Å²) in [4.78, 5) is 22.6. The van der Waals surface area contributed by atoms with Crippen molar-refractivity contribution < 1.29 is 9.50 Å². The predicted octanol–water partition coefficient (Wildman–Crippen LogP) is 2.40. The maximum absolute atomic E-state index is 13.9. The number of nitrogens with one attached hydrogen (secondary N) is 1. The minimum absolute atomic E-state index is 0.0936. The van der Waals surface area contributed by atoms with Gasteiger partial charge in [0, 0.05) is 42.8 Å². The van der Waals surface area contributed by atoms with E-state index in [1.54, 1.807) is 18.3 Å². The van der Waals surface area contributed by atoms with Crippen molar-refractivity contribution in [2.75, 3.05) is 4.90 Å². The molecule has 0 unspecified atom stereocenters. The van der Waals surface area contributed by atoms with E-state index in [4.69, 9.17) is 0 Å². The number of hydrogen-bond donors (Lipinski definition) is 2. The summed E-state index contributed by atoms with van der Waals surface area (Å²) in [6.45, 7) is 0. The van der Waals surface area contributed by atoms with E-state index in [1.807, 2.05) is 0 Å². The molecule has 2 bridgehead atoms. The van der Waals surface area contributed by atoms with Crippen molar-refractivity contribution in [3.63, 3.8) is 0 Å². The fourth-order valence-corrected chi connectivity index (χ4v) is 5.33.